The van der Waals surface area contributed by atoms with E-state index in [0.29, 0.717) is 12.8 Å². The minimum Gasteiger partial charge on any atom is -0.456 e. The number of esters is 1. The molecule has 0 radical (unpaired) electrons. The fourth-order valence-electron chi connectivity index (χ4n) is 2.05. The minimum atomic E-state index is -0.395. The van der Waals surface area contributed by atoms with Crippen molar-refractivity contribution in [1.82, 2.24) is 5.32 Å². The highest BCUT2D eigenvalue weighted by molar-refractivity contribution is 7.10. The van der Waals surface area contributed by atoms with Crippen LogP contribution in [0, 0.1) is 5.82 Å². The summed E-state index contributed by atoms with van der Waals surface area (Å²) < 4.78 is 18.0. The molecule has 1 aromatic heterocycles. The fourth-order valence-corrected chi connectivity index (χ4v) is 2.86. The number of carbonyl (C=O) groups excluding carboxylic acids is 2. The number of ether oxygens (including phenoxy) is 1. The second-order valence-corrected chi connectivity index (χ2v) is 5.96. The minimum absolute atomic E-state index is 0.291. The molecular weight excluding hydrogens is 317 g/mol. The molecule has 1 N–H and O–H groups in total. The van der Waals surface area contributed by atoms with Gasteiger partial charge in [0.05, 0.1) is 6.04 Å². The number of thiophene rings is 1. The van der Waals surface area contributed by atoms with Gasteiger partial charge < -0.3 is 10.1 Å². The van der Waals surface area contributed by atoms with Crippen LogP contribution >= 0.6 is 11.3 Å². The second-order valence-electron chi connectivity index (χ2n) is 4.98. The molecule has 0 aliphatic heterocycles. The van der Waals surface area contributed by atoms with Crippen molar-refractivity contribution in [3.63, 3.8) is 0 Å². The average Bonchev–Trinajstić information content (AvgIpc) is 3.06. The predicted molar refractivity (Wildman–Crippen MR) is 86.6 cm³/mol. The zero-order chi connectivity index (χ0) is 16.7. The van der Waals surface area contributed by atoms with Gasteiger partial charge in [0.25, 0.3) is 5.91 Å². The summed E-state index contributed by atoms with van der Waals surface area (Å²) in [7, 11) is 0. The number of carbonyl (C=O) groups is 2. The molecular formula is C17H18FNO3S. The molecule has 2 rings (SSSR count). The molecule has 1 amide bonds. The van der Waals surface area contributed by atoms with E-state index in [9.17, 15) is 14.0 Å². The van der Waals surface area contributed by atoms with Gasteiger partial charge in [-0.1, -0.05) is 25.1 Å². The van der Waals surface area contributed by atoms with Gasteiger partial charge in [0, 0.05) is 11.3 Å². The van der Waals surface area contributed by atoms with E-state index >= 15 is 0 Å². The molecule has 122 valence electrons. The standard InChI is InChI=1S/C17H18FNO3S/c1-2-4-16(21)22-11-15(20)19-17(14-5-3-10-23-14)12-6-8-13(18)9-7-12/h3,5-10,17H,2,4,11H2,1H3,(H,19,20)/t17-/m1/s1. The first-order chi connectivity index (χ1) is 11.1. The highest BCUT2D eigenvalue weighted by Crippen LogP contribution is 2.26. The Morgan fingerprint density at radius 3 is 2.61 bits per heavy atom. The van der Waals surface area contributed by atoms with E-state index in [2.05, 4.69) is 5.32 Å². The van der Waals surface area contributed by atoms with Crippen LogP contribution in [0.3, 0.4) is 0 Å². The fraction of sp³-hybridized carbons (Fsp3) is 0.294. The van der Waals surface area contributed by atoms with Gasteiger partial charge >= 0.3 is 5.97 Å². The third kappa shape index (κ3) is 5.17. The maximum absolute atomic E-state index is 13.1. The van der Waals surface area contributed by atoms with Gasteiger partial charge in [-0.3, -0.25) is 9.59 Å². The monoisotopic (exact) mass is 335 g/mol. The van der Waals surface area contributed by atoms with Crippen LogP contribution in [-0.4, -0.2) is 18.5 Å². The highest BCUT2D eigenvalue weighted by atomic mass is 32.1. The Kier molecular flexibility index (Phi) is 6.29. The number of halogens is 1. The van der Waals surface area contributed by atoms with Crippen molar-refractivity contribution in [1.29, 1.82) is 0 Å². The molecule has 0 bridgehead atoms. The maximum atomic E-state index is 13.1. The highest BCUT2D eigenvalue weighted by Gasteiger charge is 2.18. The van der Waals surface area contributed by atoms with E-state index in [1.807, 2.05) is 24.4 Å². The Morgan fingerprint density at radius 1 is 1.26 bits per heavy atom. The van der Waals surface area contributed by atoms with Crippen LogP contribution in [0.2, 0.25) is 0 Å². The third-order valence-electron chi connectivity index (χ3n) is 3.15. The van der Waals surface area contributed by atoms with Gasteiger partial charge in [0.1, 0.15) is 5.82 Å². The van der Waals surface area contributed by atoms with E-state index in [-0.39, 0.29) is 12.4 Å². The van der Waals surface area contributed by atoms with Crippen LogP contribution < -0.4 is 5.32 Å². The third-order valence-corrected chi connectivity index (χ3v) is 4.09. The van der Waals surface area contributed by atoms with Gasteiger partial charge in [-0.25, -0.2) is 4.39 Å². The van der Waals surface area contributed by atoms with Gasteiger partial charge in [-0.2, -0.15) is 0 Å². The molecule has 0 aliphatic rings. The van der Waals surface area contributed by atoms with Gasteiger partial charge in [0.2, 0.25) is 0 Å². The average molecular weight is 335 g/mol. The molecule has 0 saturated carbocycles. The number of hydrogen-bond acceptors (Lipinski definition) is 4. The summed E-state index contributed by atoms with van der Waals surface area (Å²) in [5, 5.41) is 4.73. The topological polar surface area (TPSA) is 55.4 Å². The van der Waals surface area contributed by atoms with Crippen molar-refractivity contribution in [2.24, 2.45) is 0 Å². The van der Waals surface area contributed by atoms with Crippen molar-refractivity contribution in [3.8, 4) is 0 Å². The zero-order valence-electron chi connectivity index (χ0n) is 12.8. The van der Waals surface area contributed by atoms with Crippen LogP contribution in [0.5, 0.6) is 0 Å². The van der Waals surface area contributed by atoms with Gasteiger partial charge in [-0.15, -0.1) is 11.3 Å². The molecule has 0 fully saturated rings. The summed E-state index contributed by atoms with van der Waals surface area (Å²) in [5.74, 6) is -1.12. The molecule has 1 heterocycles. The summed E-state index contributed by atoms with van der Waals surface area (Å²) >= 11 is 1.49. The predicted octanol–water partition coefficient (Wildman–Crippen LogP) is 3.44. The Bertz CT molecular complexity index is 640. The van der Waals surface area contributed by atoms with Crippen LogP contribution in [-0.2, 0) is 14.3 Å². The lowest BCUT2D eigenvalue weighted by Crippen LogP contribution is -2.32. The molecule has 6 heteroatoms. The van der Waals surface area contributed by atoms with Crippen LogP contribution in [0.25, 0.3) is 0 Å². The number of nitrogens with one attached hydrogen (secondary N) is 1. The smallest absolute Gasteiger partial charge is 0.306 e. The number of hydrogen-bond donors (Lipinski definition) is 1. The summed E-state index contributed by atoms with van der Waals surface area (Å²) in [6, 6.07) is 9.33. The normalized spacial score (nSPS) is 11.7. The van der Waals surface area contributed by atoms with Crippen molar-refractivity contribution in [3.05, 3.63) is 58.0 Å². The Hall–Kier alpha value is -2.21. The van der Waals surface area contributed by atoms with E-state index in [0.717, 1.165) is 10.4 Å². The lowest BCUT2D eigenvalue weighted by molar-refractivity contribution is -0.148. The molecule has 0 aliphatic carbocycles. The van der Waals surface area contributed by atoms with Crippen LogP contribution in [0.4, 0.5) is 4.39 Å². The molecule has 2 aromatic rings. The first-order valence-electron chi connectivity index (χ1n) is 7.34. The Labute approximate surface area is 138 Å². The first kappa shape index (κ1) is 17.1. The number of rotatable bonds is 7. The first-order valence-corrected chi connectivity index (χ1v) is 8.22. The zero-order valence-corrected chi connectivity index (χ0v) is 13.6. The second kappa shape index (κ2) is 8.43. The van der Waals surface area contributed by atoms with E-state index in [1.54, 1.807) is 12.1 Å². The van der Waals surface area contributed by atoms with E-state index in [1.165, 1.54) is 23.5 Å². The summed E-state index contributed by atoms with van der Waals surface area (Å²) in [5.41, 5.74) is 0.766. The lowest BCUT2D eigenvalue weighted by Gasteiger charge is -2.18. The van der Waals surface area contributed by atoms with Gasteiger partial charge in [-0.05, 0) is 35.6 Å². The molecule has 0 spiro atoms. The Balaban J connectivity index is 2.05. The van der Waals surface area contributed by atoms with Crippen LogP contribution in [0.1, 0.15) is 36.2 Å². The van der Waals surface area contributed by atoms with Crippen LogP contribution in [0.15, 0.2) is 41.8 Å². The van der Waals surface area contributed by atoms with Crippen molar-refractivity contribution >= 4 is 23.2 Å². The van der Waals surface area contributed by atoms with Gasteiger partial charge in [0.15, 0.2) is 6.61 Å². The summed E-state index contributed by atoms with van der Waals surface area (Å²) in [6.07, 6.45) is 0.966. The van der Waals surface area contributed by atoms with E-state index < -0.39 is 17.9 Å². The quantitative estimate of drug-likeness (QED) is 0.789. The Morgan fingerprint density at radius 2 is 2.00 bits per heavy atom. The van der Waals surface area contributed by atoms with Crippen molar-refractivity contribution in [2.45, 2.75) is 25.8 Å². The summed E-state index contributed by atoms with van der Waals surface area (Å²) in [6.45, 7) is 1.55. The lowest BCUT2D eigenvalue weighted by atomic mass is 10.1. The number of benzene rings is 1. The largest absolute Gasteiger partial charge is 0.456 e. The molecule has 0 unspecified atom stereocenters. The van der Waals surface area contributed by atoms with E-state index in [4.69, 9.17) is 4.74 Å². The SMILES string of the molecule is CCCC(=O)OCC(=O)N[C@H](c1ccc(F)cc1)c1cccs1. The van der Waals surface area contributed by atoms with Crippen molar-refractivity contribution < 1.29 is 18.7 Å². The molecule has 4 nitrogen and oxygen atoms in total. The molecule has 1 atom stereocenters. The molecule has 0 saturated heterocycles. The molecule has 1 aromatic carbocycles. The molecule has 23 heavy (non-hydrogen) atoms. The van der Waals surface area contributed by atoms with Crippen molar-refractivity contribution in [2.75, 3.05) is 6.61 Å². The summed E-state index contributed by atoms with van der Waals surface area (Å²) in [4.78, 5) is 24.3. The number of amides is 1. The maximum Gasteiger partial charge on any atom is 0.306 e.